The van der Waals surface area contributed by atoms with E-state index in [1.54, 1.807) is 6.07 Å². The summed E-state index contributed by atoms with van der Waals surface area (Å²) in [6, 6.07) is 5.51. The average molecular weight is 279 g/mol. The maximum Gasteiger partial charge on any atom is 0.269 e. The van der Waals surface area contributed by atoms with Crippen LogP contribution in [0.5, 0.6) is 0 Å². The second-order valence-corrected chi connectivity index (χ2v) is 5.50. The molecule has 1 aromatic rings. The zero-order chi connectivity index (χ0) is 14.9. The fourth-order valence-electron chi connectivity index (χ4n) is 2.72. The lowest BCUT2D eigenvalue weighted by atomic mass is 10.1. The molecule has 20 heavy (non-hydrogen) atoms. The molecule has 110 valence electrons. The van der Waals surface area contributed by atoms with Crippen molar-refractivity contribution in [1.82, 2.24) is 4.90 Å². The average Bonchev–Trinajstić information content (AvgIpc) is 2.43. The number of likely N-dealkylation sites (N-methyl/N-ethyl adjacent to an activating group) is 1. The lowest BCUT2D eigenvalue weighted by molar-refractivity contribution is -0.384. The van der Waals surface area contributed by atoms with Crippen LogP contribution in [0.2, 0.25) is 0 Å². The normalized spacial score (nSPS) is 23.9. The Morgan fingerprint density at radius 1 is 1.35 bits per heavy atom. The van der Waals surface area contributed by atoms with Crippen molar-refractivity contribution in [3.05, 3.63) is 33.9 Å². The van der Waals surface area contributed by atoms with Gasteiger partial charge >= 0.3 is 0 Å². The summed E-state index contributed by atoms with van der Waals surface area (Å²) in [7, 11) is 2.11. The first-order valence-electron chi connectivity index (χ1n) is 6.79. The minimum Gasteiger partial charge on any atom is -0.392 e. The minimum absolute atomic E-state index is 0.0213. The number of aliphatic hydroxyl groups is 1. The monoisotopic (exact) mass is 279 g/mol. The molecule has 0 saturated carbocycles. The number of rotatable bonds is 3. The van der Waals surface area contributed by atoms with E-state index in [0.717, 1.165) is 18.8 Å². The third kappa shape index (κ3) is 2.76. The van der Waals surface area contributed by atoms with E-state index in [0.29, 0.717) is 17.6 Å². The molecule has 1 fully saturated rings. The Morgan fingerprint density at radius 2 is 1.95 bits per heavy atom. The van der Waals surface area contributed by atoms with Gasteiger partial charge in [-0.05, 0) is 27.0 Å². The molecule has 1 aliphatic rings. The molecule has 1 N–H and O–H groups in total. The molecule has 0 amide bonds. The first-order valence-corrected chi connectivity index (χ1v) is 6.79. The standard InChI is InChI=1S/C14H21N3O3/c1-10-7-16(8-11(2)15(10)3)14-5-4-13(17(19)20)6-12(14)9-18/h4-6,10-11,18H,7-9H2,1-3H3. The summed E-state index contributed by atoms with van der Waals surface area (Å²) in [5, 5.41) is 20.3. The summed E-state index contributed by atoms with van der Waals surface area (Å²) in [6.45, 7) is 5.84. The Hall–Kier alpha value is -1.66. The van der Waals surface area contributed by atoms with Crippen LogP contribution in [0.15, 0.2) is 18.2 Å². The number of nitro benzene ring substituents is 1. The van der Waals surface area contributed by atoms with Gasteiger partial charge in [-0.25, -0.2) is 0 Å². The van der Waals surface area contributed by atoms with Crippen LogP contribution in [0.4, 0.5) is 11.4 Å². The van der Waals surface area contributed by atoms with Gasteiger partial charge in [0.1, 0.15) is 0 Å². The topological polar surface area (TPSA) is 69.8 Å². The van der Waals surface area contributed by atoms with Crippen molar-refractivity contribution in [3.63, 3.8) is 0 Å². The van der Waals surface area contributed by atoms with Crippen molar-refractivity contribution in [2.24, 2.45) is 0 Å². The van der Waals surface area contributed by atoms with Gasteiger partial charge in [-0.1, -0.05) is 0 Å². The summed E-state index contributed by atoms with van der Waals surface area (Å²) in [5.41, 5.74) is 1.53. The molecule has 0 aliphatic carbocycles. The highest BCUT2D eigenvalue weighted by Crippen LogP contribution is 2.28. The first kappa shape index (κ1) is 14.7. The van der Waals surface area contributed by atoms with Gasteiger partial charge in [-0.15, -0.1) is 0 Å². The van der Waals surface area contributed by atoms with Gasteiger partial charge in [0.15, 0.2) is 0 Å². The largest absolute Gasteiger partial charge is 0.392 e. The lowest BCUT2D eigenvalue weighted by Crippen LogP contribution is -2.55. The number of nitrogens with zero attached hydrogens (tertiary/aromatic N) is 3. The van der Waals surface area contributed by atoms with Gasteiger partial charge in [-0.3, -0.25) is 15.0 Å². The number of hydrogen-bond donors (Lipinski definition) is 1. The zero-order valence-corrected chi connectivity index (χ0v) is 12.1. The van der Waals surface area contributed by atoms with E-state index in [2.05, 4.69) is 30.7 Å². The van der Waals surface area contributed by atoms with Crippen molar-refractivity contribution in [2.75, 3.05) is 25.0 Å². The Morgan fingerprint density at radius 3 is 2.45 bits per heavy atom. The number of piperazine rings is 1. The molecule has 2 atom stereocenters. The molecule has 0 radical (unpaired) electrons. The predicted molar refractivity (Wildman–Crippen MR) is 77.9 cm³/mol. The van der Waals surface area contributed by atoms with Crippen LogP contribution in [-0.4, -0.2) is 47.2 Å². The summed E-state index contributed by atoms with van der Waals surface area (Å²) >= 11 is 0. The molecule has 6 heteroatoms. The molecule has 0 spiro atoms. The quantitative estimate of drug-likeness (QED) is 0.672. The van der Waals surface area contributed by atoms with Crippen LogP contribution in [-0.2, 0) is 6.61 Å². The van der Waals surface area contributed by atoms with Crippen LogP contribution in [0.25, 0.3) is 0 Å². The second-order valence-electron chi connectivity index (χ2n) is 5.50. The molecular weight excluding hydrogens is 258 g/mol. The van der Waals surface area contributed by atoms with Crippen molar-refractivity contribution < 1.29 is 10.0 Å². The summed E-state index contributed by atoms with van der Waals surface area (Å²) in [5.74, 6) is 0. The molecule has 0 aromatic heterocycles. The van der Waals surface area contributed by atoms with Gasteiger partial charge in [-0.2, -0.15) is 0 Å². The number of non-ortho nitro benzene ring substituents is 1. The van der Waals surface area contributed by atoms with Crippen LogP contribution in [0, 0.1) is 10.1 Å². The van der Waals surface area contributed by atoms with E-state index in [-0.39, 0.29) is 12.3 Å². The van der Waals surface area contributed by atoms with E-state index in [1.807, 2.05) is 0 Å². The van der Waals surface area contributed by atoms with Crippen LogP contribution in [0.3, 0.4) is 0 Å². The molecular formula is C14H21N3O3. The smallest absolute Gasteiger partial charge is 0.269 e. The van der Waals surface area contributed by atoms with Crippen LogP contribution >= 0.6 is 0 Å². The molecule has 1 saturated heterocycles. The molecule has 0 bridgehead atoms. The van der Waals surface area contributed by atoms with Crippen molar-refractivity contribution in [1.29, 1.82) is 0 Å². The van der Waals surface area contributed by atoms with Gasteiger partial charge < -0.3 is 10.0 Å². The minimum atomic E-state index is -0.432. The first-order chi connectivity index (χ1) is 9.43. The second kappa shape index (κ2) is 5.76. The highest BCUT2D eigenvalue weighted by molar-refractivity contribution is 5.58. The molecule has 6 nitrogen and oxygen atoms in total. The van der Waals surface area contributed by atoms with Gasteiger partial charge in [0.25, 0.3) is 5.69 Å². The molecule has 2 rings (SSSR count). The Kier molecular flexibility index (Phi) is 4.25. The van der Waals surface area contributed by atoms with Crippen molar-refractivity contribution in [2.45, 2.75) is 32.5 Å². The van der Waals surface area contributed by atoms with Gasteiger partial charge in [0, 0.05) is 48.6 Å². The maximum atomic E-state index is 10.8. The summed E-state index contributed by atoms with van der Waals surface area (Å²) in [4.78, 5) is 14.9. The highest BCUT2D eigenvalue weighted by atomic mass is 16.6. The third-order valence-electron chi connectivity index (χ3n) is 4.14. The van der Waals surface area contributed by atoms with E-state index in [1.165, 1.54) is 12.1 Å². The Labute approximate surface area is 118 Å². The van der Waals surface area contributed by atoms with Gasteiger partial charge in [0.05, 0.1) is 11.5 Å². The Bertz CT molecular complexity index is 494. The zero-order valence-electron chi connectivity index (χ0n) is 12.1. The third-order valence-corrected chi connectivity index (χ3v) is 4.14. The number of hydrogen-bond acceptors (Lipinski definition) is 5. The molecule has 1 aliphatic heterocycles. The van der Waals surface area contributed by atoms with E-state index >= 15 is 0 Å². The fourth-order valence-corrected chi connectivity index (χ4v) is 2.72. The van der Waals surface area contributed by atoms with Crippen molar-refractivity contribution in [3.8, 4) is 0 Å². The predicted octanol–water partition coefficient (Wildman–Crippen LogP) is 1.62. The molecule has 2 unspecified atom stereocenters. The molecule has 1 heterocycles. The summed E-state index contributed by atoms with van der Waals surface area (Å²) in [6.07, 6.45) is 0. The fraction of sp³-hybridized carbons (Fsp3) is 0.571. The lowest BCUT2D eigenvalue weighted by Gasteiger charge is -2.44. The van der Waals surface area contributed by atoms with Crippen molar-refractivity contribution >= 4 is 11.4 Å². The van der Waals surface area contributed by atoms with E-state index in [9.17, 15) is 15.2 Å². The van der Waals surface area contributed by atoms with E-state index < -0.39 is 4.92 Å². The number of benzene rings is 1. The number of anilines is 1. The van der Waals surface area contributed by atoms with Gasteiger partial charge in [0.2, 0.25) is 0 Å². The van der Waals surface area contributed by atoms with E-state index in [4.69, 9.17) is 0 Å². The maximum absolute atomic E-state index is 10.8. The van der Waals surface area contributed by atoms with Crippen LogP contribution in [0.1, 0.15) is 19.4 Å². The Balaban J connectivity index is 2.30. The molecule has 1 aromatic carbocycles. The summed E-state index contributed by atoms with van der Waals surface area (Å²) < 4.78 is 0. The highest BCUT2D eigenvalue weighted by Gasteiger charge is 2.28. The number of nitro groups is 1. The SMILES string of the molecule is CC1CN(c2ccc([N+](=O)[O-])cc2CO)CC(C)N1C. The van der Waals surface area contributed by atoms with Crippen LogP contribution < -0.4 is 4.90 Å². The number of aliphatic hydroxyl groups excluding tert-OH is 1.